The number of benzene rings is 1. The average Bonchev–Trinajstić information content (AvgIpc) is 2.72. The molecule has 0 amide bonds. The van der Waals surface area contributed by atoms with Gasteiger partial charge in [0.2, 0.25) is 5.88 Å². The van der Waals surface area contributed by atoms with Crippen molar-refractivity contribution >= 4 is 17.6 Å². The lowest BCUT2D eigenvalue weighted by atomic mass is 9.89. The molecule has 0 aliphatic rings. The molecule has 8 heteroatoms. The number of hydrogen-bond acceptors (Lipinski definition) is 7. The van der Waals surface area contributed by atoms with Crippen molar-refractivity contribution in [3.05, 3.63) is 75.7 Å². The van der Waals surface area contributed by atoms with E-state index < -0.39 is 29.3 Å². The number of nitrogens with zero attached hydrogens (tertiary/aromatic N) is 2. The van der Waals surface area contributed by atoms with Crippen LogP contribution in [-0.4, -0.2) is 40.6 Å². The Morgan fingerprint density at radius 1 is 1.11 bits per heavy atom. The molecule has 0 unspecified atom stereocenters. The minimum atomic E-state index is -0.809. The number of esters is 2. The van der Waals surface area contributed by atoms with Crippen molar-refractivity contribution in [3.63, 3.8) is 0 Å². The molecule has 2 heterocycles. The van der Waals surface area contributed by atoms with Crippen LogP contribution in [0.25, 0.3) is 5.65 Å². The molecule has 2 aromatic heterocycles. The molecule has 144 valence electrons. The van der Waals surface area contributed by atoms with Crippen molar-refractivity contribution in [2.45, 2.75) is 12.3 Å². The van der Waals surface area contributed by atoms with Gasteiger partial charge in [0.15, 0.2) is 0 Å². The average molecular weight is 382 g/mol. The second kappa shape index (κ2) is 7.91. The first kappa shape index (κ1) is 19.1. The molecule has 0 aliphatic heterocycles. The zero-order valence-electron chi connectivity index (χ0n) is 15.3. The molecule has 8 nitrogen and oxygen atoms in total. The molecule has 0 radical (unpaired) electrons. The molecular formula is C20H18N2O6. The summed E-state index contributed by atoms with van der Waals surface area (Å²) in [6, 6.07) is 11.2. The van der Waals surface area contributed by atoms with Crippen LogP contribution in [0, 0.1) is 0 Å². The van der Waals surface area contributed by atoms with Gasteiger partial charge in [0.05, 0.1) is 31.8 Å². The minimum absolute atomic E-state index is 0.0279. The number of methoxy groups -OCH3 is 2. The molecule has 3 rings (SSSR count). The van der Waals surface area contributed by atoms with Crippen molar-refractivity contribution in [1.29, 1.82) is 0 Å². The van der Waals surface area contributed by atoms with E-state index in [4.69, 9.17) is 4.74 Å². The van der Waals surface area contributed by atoms with Gasteiger partial charge in [0, 0.05) is 12.1 Å². The number of pyridine rings is 1. The van der Waals surface area contributed by atoms with E-state index in [1.807, 2.05) is 0 Å². The number of aromatic hydroxyl groups is 1. The predicted molar refractivity (Wildman–Crippen MR) is 99.4 cm³/mol. The summed E-state index contributed by atoms with van der Waals surface area (Å²) in [4.78, 5) is 40.7. The molecule has 0 saturated heterocycles. The van der Waals surface area contributed by atoms with Crippen LogP contribution in [0.5, 0.6) is 5.88 Å². The SMILES string of the molecule is COC(=O)C[C@@H](c1ccc(C(=O)OC)cc1)c1c(O)nc2ccccn2c1=O. The van der Waals surface area contributed by atoms with Gasteiger partial charge >= 0.3 is 11.9 Å². The molecular weight excluding hydrogens is 364 g/mol. The molecule has 0 bridgehead atoms. The fraction of sp³-hybridized carbons (Fsp3) is 0.200. The predicted octanol–water partition coefficient (Wildman–Crippen LogP) is 1.88. The second-order valence-electron chi connectivity index (χ2n) is 6.03. The van der Waals surface area contributed by atoms with Gasteiger partial charge in [-0.2, -0.15) is 4.98 Å². The number of carbonyl (C=O) groups excluding carboxylic acids is 2. The summed E-state index contributed by atoms with van der Waals surface area (Å²) in [6.07, 6.45) is 1.35. The fourth-order valence-corrected chi connectivity index (χ4v) is 3.00. The zero-order valence-corrected chi connectivity index (χ0v) is 15.3. The van der Waals surface area contributed by atoms with Gasteiger partial charge in [-0.15, -0.1) is 0 Å². The Balaban J connectivity index is 2.16. The Labute approximate surface area is 160 Å². The number of rotatable bonds is 5. The van der Waals surface area contributed by atoms with E-state index in [0.717, 1.165) is 0 Å². The van der Waals surface area contributed by atoms with E-state index in [0.29, 0.717) is 11.1 Å². The number of aromatic nitrogens is 2. The summed E-state index contributed by atoms with van der Waals surface area (Å²) in [7, 11) is 2.52. The third-order valence-corrected chi connectivity index (χ3v) is 4.43. The largest absolute Gasteiger partial charge is 0.493 e. The first-order chi connectivity index (χ1) is 13.5. The van der Waals surface area contributed by atoms with Crippen LogP contribution in [0.4, 0.5) is 0 Å². The minimum Gasteiger partial charge on any atom is -0.493 e. The first-order valence-electron chi connectivity index (χ1n) is 8.41. The van der Waals surface area contributed by atoms with Crippen LogP contribution in [-0.2, 0) is 14.3 Å². The molecule has 1 aromatic carbocycles. The third-order valence-electron chi connectivity index (χ3n) is 4.43. The third kappa shape index (κ3) is 3.57. The quantitative estimate of drug-likeness (QED) is 0.671. The smallest absolute Gasteiger partial charge is 0.337 e. The van der Waals surface area contributed by atoms with Crippen LogP contribution in [0.15, 0.2) is 53.5 Å². The van der Waals surface area contributed by atoms with Gasteiger partial charge in [-0.25, -0.2) is 4.79 Å². The molecule has 0 fully saturated rings. The molecule has 0 aliphatic carbocycles. The maximum atomic E-state index is 13.0. The van der Waals surface area contributed by atoms with Crippen molar-refractivity contribution < 1.29 is 24.2 Å². The van der Waals surface area contributed by atoms with Crippen LogP contribution in [0.3, 0.4) is 0 Å². The van der Waals surface area contributed by atoms with E-state index in [2.05, 4.69) is 9.72 Å². The maximum Gasteiger partial charge on any atom is 0.337 e. The maximum absolute atomic E-state index is 13.0. The van der Waals surface area contributed by atoms with Crippen molar-refractivity contribution in [3.8, 4) is 5.88 Å². The zero-order chi connectivity index (χ0) is 20.3. The summed E-state index contributed by atoms with van der Waals surface area (Å²) in [5.41, 5.74) is 0.629. The highest BCUT2D eigenvalue weighted by molar-refractivity contribution is 5.89. The van der Waals surface area contributed by atoms with E-state index in [9.17, 15) is 19.5 Å². The second-order valence-corrected chi connectivity index (χ2v) is 6.03. The summed E-state index contributed by atoms with van der Waals surface area (Å²) >= 11 is 0. The van der Waals surface area contributed by atoms with E-state index in [1.165, 1.54) is 36.9 Å². The van der Waals surface area contributed by atoms with E-state index >= 15 is 0 Å². The lowest BCUT2D eigenvalue weighted by molar-refractivity contribution is -0.140. The molecule has 28 heavy (non-hydrogen) atoms. The normalized spacial score (nSPS) is 11.8. The van der Waals surface area contributed by atoms with Crippen LogP contribution < -0.4 is 5.56 Å². The number of hydrogen-bond donors (Lipinski definition) is 1. The lowest BCUT2D eigenvalue weighted by Gasteiger charge is -2.18. The Hall–Kier alpha value is -3.68. The summed E-state index contributed by atoms with van der Waals surface area (Å²) in [5.74, 6) is -2.33. The Morgan fingerprint density at radius 2 is 1.82 bits per heavy atom. The van der Waals surface area contributed by atoms with Gasteiger partial charge in [0.25, 0.3) is 5.56 Å². The Morgan fingerprint density at radius 3 is 2.46 bits per heavy atom. The lowest BCUT2D eigenvalue weighted by Crippen LogP contribution is -2.24. The van der Waals surface area contributed by atoms with Crippen molar-refractivity contribution in [1.82, 2.24) is 9.38 Å². The highest BCUT2D eigenvalue weighted by Gasteiger charge is 2.27. The standard InChI is InChI=1S/C20H18N2O6/c1-27-16(23)11-14(12-6-8-13(9-7-12)20(26)28-2)17-18(24)21-15-5-3-4-10-22(15)19(17)25/h3-10,14,24H,11H2,1-2H3/t14-/m0/s1. The first-order valence-corrected chi connectivity index (χ1v) is 8.41. The van der Waals surface area contributed by atoms with E-state index in [-0.39, 0.29) is 17.6 Å². The summed E-state index contributed by atoms with van der Waals surface area (Å²) in [6.45, 7) is 0. The van der Waals surface area contributed by atoms with Crippen molar-refractivity contribution in [2.75, 3.05) is 14.2 Å². The summed E-state index contributed by atoms with van der Waals surface area (Å²) in [5, 5.41) is 10.4. The Kier molecular flexibility index (Phi) is 5.39. The van der Waals surface area contributed by atoms with Gasteiger partial charge in [0.1, 0.15) is 5.65 Å². The molecule has 1 N–H and O–H groups in total. The van der Waals surface area contributed by atoms with Gasteiger partial charge in [-0.1, -0.05) is 18.2 Å². The highest BCUT2D eigenvalue weighted by atomic mass is 16.5. The van der Waals surface area contributed by atoms with Gasteiger partial charge < -0.3 is 14.6 Å². The molecule has 0 saturated carbocycles. The summed E-state index contributed by atoms with van der Waals surface area (Å²) < 4.78 is 10.7. The number of fused-ring (bicyclic) bond motifs is 1. The number of ether oxygens (including phenoxy) is 2. The van der Waals surface area contributed by atoms with Crippen LogP contribution in [0.2, 0.25) is 0 Å². The fourth-order valence-electron chi connectivity index (χ4n) is 3.00. The number of carbonyl (C=O) groups is 2. The van der Waals surface area contributed by atoms with Gasteiger partial charge in [-0.3, -0.25) is 14.0 Å². The Bertz CT molecular complexity index is 1090. The van der Waals surface area contributed by atoms with Crippen molar-refractivity contribution in [2.24, 2.45) is 0 Å². The monoisotopic (exact) mass is 382 g/mol. The van der Waals surface area contributed by atoms with Crippen LogP contribution in [0.1, 0.15) is 33.8 Å². The topological polar surface area (TPSA) is 107 Å². The molecule has 1 atom stereocenters. The van der Waals surface area contributed by atoms with Crippen LogP contribution >= 0.6 is 0 Å². The highest BCUT2D eigenvalue weighted by Crippen LogP contribution is 2.31. The van der Waals surface area contributed by atoms with Gasteiger partial charge in [-0.05, 0) is 29.8 Å². The van der Waals surface area contributed by atoms with E-state index in [1.54, 1.807) is 30.3 Å². The molecule has 0 spiro atoms. The molecule has 3 aromatic rings.